The molecule has 3 heteroatoms. The molecule has 1 aliphatic carbocycles. The molecule has 1 saturated carbocycles. The summed E-state index contributed by atoms with van der Waals surface area (Å²) in [5.74, 6) is 2.27. The zero-order valence-corrected chi connectivity index (χ0v) is 16.0. The van der Waals surface area contributed by atoms with Gasteiger partial charge in [-0.15, -0.1) is 0 Å². The Kier molecular flexibility index (Phi) is 6.43. The molecule has 3 nitrogen and oxygen atoms in total. The third-order valence-electron chi connectivity index (χ3n) is 5.47. The molecule has 26 heavy (non-hydrogen) atoms. The van der Waals surface area contributed by atoms with Gasteiger partial charge in [-0.25, -0.2) is 0 Å². The zero-order valence-electron chi connectivity index (χ0n) is 16.0. The third-order valence-corrected chi connectivity index (χ3v) is 5.47. The predicted molar refractivity (Wildman–Crippen MR) is 111 cm³/mol. The Hall–Kier alpha value is -2.16. The van der Waals surface area contributed by atoms with Gasteiger partial charge in [-0.3, -0.25) is 0 Å². The van der Waals surface area contributed by atoms with Gasteiger partial charge in [0.15, 0.2) is 0 Å². The molecule has 3 rings (SSSR count). The highest BCUT2D eigenvalue weighted by molar-refractivity contribution is 5.62. The minimum Gasteiger partial charge on any atom is -0.455 e. The number of anilines is 2. The second kappa shape index (κ2) is 8.98. The van der Waals surface area contributed by atoms with Crippen LogP contribution in [0.3, 0.4) is 0 Å². The van der Waals surface area contributed by atoms with E-state index in [1.54, 1.807) is 6.07 Å². The van der Waals surface area contributed by atoms with Gasteiger partial charge < -0.3 is 16.2 Å². The van der Waals surface area contributed by atoms with Gasteiger partial charge in [-0.1, -0.05) is 51.2 Å². The van der Waals surface area contributed by atoms with E-state index < -0.39 is 0 Å². The SMILES string of the molecule is CCCCCc1cccc(Oc2ccc(N)cc2N)c1C1CCCCC1. The van der Waals surface area contributed by atoms with E-state index in [9.17, 15) is 0 Å². The van der Waals surface area contributed by atoms with Crippen LogP contribution in [0.25, 0.3) is 0 Å². The number of benzene rings is 2. The molecule has 4 N–H and O–H groups in total. The Balaban J connectivity index is 1.92. The topological polar surface area (TPSA) is 61.3 Å². The van der Waals surface area contributed by atoms with Crippen LogP contribution in [0.4, 0.5) is 11.4 Å². The van der Waals surface area contributed by atoms with E-state index in [2.05, 4.69) is 25.1 Å². The summed E-state index contributed by atoms with van der Waals surface area (Å²) in [4.78, 5) is 0. The van der Waals surface area contributed by atoms with E-state index in [-0.39, 0.29) is 0 Å². The average Bonchev–Trinajstić information content (AvgIpc) is 2.65. The maximum atomic E-state index is 6.31. The first-order chi connectivity index (χ1) is 12.7. The first kappa shape index (κ1) is 18.6. The van der Waals surface area contributed by atoms with Crippen molar-refractivity contribution in [1.82, 2.24) is 0 Å². The number of hydrogen-bond donors (Lipinski definition) is 2. The fourth-order valence-electron chi connectivity index (χ4n) is 4.09. The molecule has 2 aromatic carbocycles. The third kappa shape index (κ3) is 4.51. The van der Waals surface area contributed by atoms with Crippen molar-refractivity contribution in [2.45, 2.75) is 70.6 Å². The molecule has 2 aromatic rings. The molecule has 0 atom stereocenters. The second-order valence-corrected chi connectivity index (χ2v) is 7.52. The van der Waals surface area contributed by atoms with E-state index in [1.807, 2.05) is 12.1 Å². The average molecular weight is 353 g/mol. The molecule has 0 saturated heterocycles. The number of rotatable bonds is 7. The normalized spacial score (nSPS) is 15.1. The lowest BCUT2D eigenvalue weighted by Gasteiger charge is -2.27. The van der Waals surface area contributed by atoms with Crippen LogP contribution in [0.1, 0.15) is 75.3 Å². The molecule has 1 fully saturated rings. The zero-order chi connectivity index (χ0) is 18.4. The van der Waals surface area contributed by atoms with Gasteiger partial charge in [-0.05, 0) is 61.4 Å². The summed E-state index contributed by atoms with van der Waals surface area (Å²) in [5, 5.41) is 0. The number of nitrogen functional groups attached to an aromatic ring is 2. The first-order valence-electron chi connectivity index (χ1n) is 10.1. The fourth-order valence-corrected chi connectivity index (χ4v) is 4.09. The van der Waals surface area contributed by atoms with Crippen molar-refractivity contribution in [3.8, 4) is 11.5 Å². The lowest BCUT2D eigenvalue weighted by Crippen LogP contribution is -2.09. The molecule has 140 valence electrons. The van der Waals surface area contributed by atoms with Crippen molar-refractivity contribution in [2.24, 2.45) is 0 Å². The largest absolute Gasteiger partial charge is 0.455 e. The van der Waals surface area contributed by atoms with Gasteiger partial charge in [0, 0.05) is 11.3 Å². The molecule has 0 aromatic heterocycles. The molecule has 0 aliphatic heterocycles. The summed E-state index contributed by atoms with van der Waals surface area (Å²) in [6, 6.07) is 12.0. The van der Waals surface area contributed by atoms with E-state index in [1.165, 1.54) is 62.5 Å². The van der Waals surface area contributed by atoms with Crippen molar-refractivity contribution < 1.29 is 4.74 Å². The Morgan fingerprint density at radius 2 is 1.77 bits per heavy atom. The molecule has 0 radical (unpaired) electrons. The Bertz CT molecular complexity index is 720. The summed E-state index contributed by atoms with van der Waals surface area (Å²) < 4.78 is 6.31. The lowest BCUT2D eigenvalue weighted by molar-refractivity contribution is 0.416. The fraction of sp³-hybridized carbons (Fsp3) is 0.478. The number of ether oxygens (including phenoxy) is 1. The highest BCUT2D eigenvalue weighted by atomic mass is 16.5. The first-order valence-corrected chi connectivity index (χ1v) is 10.1. The summed E-state index contributed by atoms with van der Waals surface area (Å²) in [6.07, 6.45) is 11.4. The molecule has 0 unspecified atom stereocenters. The Labute approximate surface area is 157 Å². The maximum absolute atomic E-state index is 6.31. The molecular formula is C23H32N2O. The number of hydrogen-bond acceptors (Lipinski definition) is 3. The minimum absolute atomic E-state index is 0.594. The standard InChI is InChI=1S/C23H32N2O/c1-2-3-5-9-18-12-8-13-22(23(18)17-10-6-4-7-11-17)26-21-15-14-19(24)16-20(21)25/h8,12-17H,2-7,9-11,24-25H2,1H3. The second-order valence-electron chi connectivity index (χ2n) is 7.52. The smallest absolute Gasteiger partial charge is 0.150 e. The minimum atomic E-state index is 0.594. The Morgan fingerprint density at radius 1 is 0.962 bits per heavy atom. The van der Waals surface area contributed by atoms with Crippen molar-refractivity contribution in [3.63, 3.8) is 0 Å². The lowest BCUT2D eigenvalue weighted by atomic mass is 9.80. The van der Waals surface area contributed by atoms with Crippen LogP contribution in [-0.4, -0.2) is 0 Å². The van der Waals surface area contributed by atoms with Crippen molar-refractivity contribution in [2.75, 3.05) is 11.5 Å². The van der Waals surface area contributed by atoms with Crippen LogP contribution in [0, 0.1) is 0 Å². The van der Waals surface area contributed by atoms with Crippen molar-refractivity contribution in [3.05, 3.63) is 47.5 Å². The van der Waals surface area contributed by atoms with Crippen LogP contribution in [-0.2, 0) is 6.42 Å². The van der Waals surface area contributed by atoms with Crippen LogP contribution in [0.2, 0.25) is 0 Å². The molecular weight excluding hydrogens is 320 g/mol. The van der Waals surface area contributed by atoms with Gasteiger partial charge in [0.05, 0.1) is 5.69 Å². The predicted octanol–water partition coefficient (Wildman–Crippen LogP) is 6.42. The summed E-state index contributed by atoms with van der Waals surface area (Å²) >= 11 is 0. The van der Waals surface area contributed by atoms with Gasteiger partial charge in [0.2, 0.25) is 0 Å². The Morgan fingerprint density at radius 3 is 2.50 bits per heavy atom. The van der Waals surface area contributed by atoms with Gasteiger partial charge in [-0.2, -0.15) is 0 Å². The maximum Gasteiger partial charge on any atom is 0.150 e. The van der Waals surface area contributed by atoms with Crippen molar-refractivity contribution >= 4 is 11.4 Å². The number of aryl methyl sites for hydroxylation is 1. The van der Waals surface area contributed by atoms with E-state index in [0.717, 1.165) is 12.2 Å². The van der Waals surface area contributed by atoms with Crippen LogP contribution >= 0.6 is 0 Å². The number of unbranched alkanes of at least 4 members (excludes halogenated alkanes) is 2. The highest BCUT2D eigenvalue weighted by Crippen LogP contribution is 2.42. The van der Waals surface area contributed by atoms with E-state index >= 15 is 0 Å². The monoisotopic (exact) mass is 352 g/mol. The molecule has 0 spiro atoms. The molecule has 1 aliphatic rings. The van der Waals surface area contributed by atoms with Gasteiger partial charge in [0.1, 0.15) is 11.5 Å². The van der Waals surface area contributed by atoms with Crippen LogP contribution < -0.4 is 16.2 Å². The van der Waals surface area contributed by atoms with E-state index in [4.69, 9.17) is 16.2 Å². The van der Waals surface area contributed by atoms with Crippen LogP contribution in [0.15, 0.2) is 36.4 Å². The number of nitrogens with two attached hydrogens (primary N) is 2. The van der Waals surface area contributed by atoms with Gasteiger partial charge >= 0.3 is 0 Å². The summed E-state index contributed by atoms with van der Waals surface area (Å²) in [5.41, 5.74) is 16.1. The molecule has 0 bridgehead atoms. The summed E-state index contributed by atoms with van der Waals surface area (Å²) in [7, 11) is 0. The van der Waals surface area contributed by atoms with Gasteiger partial charge in [0.25, 0.3) is 0 Å². The van der Waals surface area contributed by atoms with E-state index in [0.29, 0.717) is 23.0 Å². The molecule has 0 amide bonds. The molecule has 0 heterocycles. The van der Waals surface area contributed by atoms with Crippen LogP contribution in [0.5, 0.6) is 11.5 Å². The summed E-state index contributed by atoms with van der Waals surface area (Å²) in [6.45, 7) is 2.26. The quantitative estimate of drug-likeness (QED) is 0.446. The van der Waals surface area contributed by atoms with Crippen molar-refractivity contribution in [1.29, 1.82) is 0 Å². The highest BCUT2D eigenvalue weighted by Gasteiger charge is 2.23.